The van der Waals surface area contributed by atoms with E-state index in [0.717, 1.165) is 11.8 Å². The number of ether oxygens (including phenoxy) is 1. The van der Waals surface area contributed by atoms with Crippen LogP contribution in [0.2, 0.25) is 0 Å². The molecule has 0 unspecified atom stereocenters. The quantitative estimate of drug-likeness (QED) is 0.283. The maximum atomic E-state index is 12.4. The summed E-state index contributed by atoms with van der Waals surface area (Å²) in [5.41, 5.74) is 4.01. The molecule has 3 rings (SSSR count). The van der Waals surface area contributed by atoms with E-state index in [4.69, 9.17) is 4.74 Å². The lowest BCUT2D eigenvalue weighted by atomic mass is 10.2. The van der Waals surface area contributed by atoms with Gasteiger partial charge in [-0.25, -0.2) is 13.8 Å². The van der Waals surface area contributed by atoms with Crippen molar-refractivity contribution in [2.75, 3.05) is 17.7 Å². The summed E-state index contributed by atoms with van der Waals surface area (Å²) in [6.07, 6.45) is 2.39. The molecule has 0 aliphatic heterocycles. The molecule has 0 heterocycles. The van der Waals surface area contributed by atoms with Gasteiger partial charge in [0.05, 0.1) is 36.7 Å². The molecule has 3 aromatic carbocycles. The van der Waals surface area contributed by atoms with Gasteiger partial charge in [0.25, 0.3) is 5.91 Å². The number of hydrogen-bond acceptors (Lipinski definition) is 7. The SMILES string of the molecule is COc1ccc(/C=N\NC(=O)c2ccc(N(Cc3ccccc3)S(C)(=O)=O)cc2)cc1[N+](=O)[O-]. The van der Waals surface area contributed by atoms with Crippen LogP contribution in [0.3, 0.4) is 0 Å². The van der Waals surface area contributed by atoms with Crippen LogP contribution in [0.5, 0.6) is 5.75 Å². The van der Waals surface area contributed by atoms with Crippen LogP contribution in [0, 0.1) is 10.1 Å². The van der Waals surface area contributed by atoms with Crippen LogP contribution in [-0.4, -0.2) is 38.8 Å². The topological polar surface area (TPSA) is 131 Å². The second kappa shape index (κ2) is 10.6. The van der Waals surface area contributed by atoms with E-state index in [0.29, 0.717) is 11.3 Å². The average molecular weight is 483 g/mol. The summed E-state index contributed by atoms with van der Waals surface area (Å²) in [4.78, 5) is 22.9. The van der Waals surface area contributed by atoms with Gasteiger partial charge in [-0.05, 0) is 42.0 Å². The summed E-state index contributed by atoms with van der Waals surface area (Å²) in [6, 6.07) is 19.5. The Kier molecular flexibility index (Phi) is 7.59. The minimum atomic E-state index is -3.56. The second-order valence-electron chi connectivity index (χ2n) is 7.19. The van der Waals surface area contributed by atoms with Crippen molar-refractivity contribution in [3.63, 3.8) is 0 Å². The molecular formula is C23H22N4O6S. The highest BCUT2D eigenvalue weighted by Crippen LogP contribution is 2.27. The van der Waals surface area contributed by atoms with Gasteiger partial charge in [-0.2, -0.15) is 5.10 Å². The third-order valence-electron chi connectivity index (χ3n) is 4.77. The molecule has 10 nitrogen and oxygen atoms in total. The van der Waals surface area contributed by atoms with Crippen molar-refractivity contribution in [3.05, 3.63) is 99.6 Å². The number of carbonyl (C=O) groups is 1. The molecule has 0 spiro atoms. The first-order chi connectivity index (χ1) is 16.2. The van der Waals surface area contributed by atoms with Crippen LogP contribution >= 0.6 is 0 Å². The highest BCUT2D eigenvalue weighted by Gasteiger charge is 2.18. The molecule has 0 aromatic heterocycles. The van der Waals surface area contributed by atoms with Crippen LogP contribution < -0.4 is 14.5 Å². The number of methoxy groups -OCH3 is 1. The van der Waals surface area contributed by atoms with Gasteiger partial charge in [-0.1, -0.05) is 30.3 Å². The zero-order valence-corrected chi connectivity index (χ0v) is 19.2. The number of anilines is 1. The van der Waals surface area contributed by atoms with E-state index < -0.39 is 20.9 Å². The number of benzene rings is 3. The number of nitro benzene ring substituents is 1. The van der Waals surface area contributed by atoms with Gasteiger partial charge in [0.1, 0.15) is 0 Å². The Morgan fingerprint density at radius 2 is 1.79 bits per heavy atom. The van der Waals surface area contributed by atoms with Gasteiger partial charge >= 0.3 is 5.69 Å². The smallest absolute Gasteiger partial charge is 0.311 e. The largest absolute Gasteiger partial charge is 0.490 e. The monoisotopic (exact) mass is 482 g/mol. The minimum absolute atomic E-state index is 0.113. The van der Waals surface area contributed by atoms with Crippen LogP contribution in [0.25, 0.3) is 0 Å². The van der Waals surface area contributed by atoms with Crippen molar-refractivity contribution in [3.8, 4) is 5.75 Å². The van der Waals surface area contributed by atoms with Crippen LogP contribution in [0.1, 0.15) is 21.5 Å². The molecule has 176 valence electrons. The first-order valence-corrected chi connectivity index (χ1v) is 11.8. The highest BCUT2D eigenvalue weighted by molar-refractivity contribution is 7.92. The summed E-state index contributed by atoms with van der Waals surface area (Å²) in [5, 5.41) is 14.9. The van der Waals surface area contributed by atoms with E-state index in [1.807, 2.05) is 30.3 Å². The standard InChI is InChI=1S/C23H22N4O6S/c1-33-22-13-8-18(14-21(22)27(29)30)15-24-25-23(28)19-9-11-20(12-10-19)26(34(2,31)32)16-17-6-4-3-5-7-17/h3-15H,16H2,1-2H3,(H,25,28)/b24-15-. The Balaban J connectivity index is 1.71. The molecule has 11 heteroatoms. The molecule has 1 amide bonds. The number of carbonyl (C=O) groups excluding carboxylic acids is 1. The van der Waals surface area contributed by atoms with Gasteiger partial charge < -0.3 is 4.74 Å². The van der Waals surface area contributed by atoms with E-state index in [9.17, 15) is 23.3 Å². The van der Waals surface area contributed by atoms with E-state index in [-0.39, 0.29) is 23.5 Å². The molecule has 1 N–H and O–H groups in total. The fourth-order valence-corrected chi connectivity index (χ4v) is 3.98. The van der Waals surface area contributed by atoms with Gasteiger partial charge in [0.15, 0.2) is 5.75 Å². The first kappa shape index (κ1) is 24.4. The summed E-state index contributed by atoms with van der Waals surface area (Å²) in [6.45, 7) is 0.156. The fourth-order valence-electron chi connectivity index (χ4n) is 3.09. The summed E-state index contributed by atoms with van der Waals surface area (Å²) < 4.78 is 30.8. The van der Waals surface area contributed by atoms with E-state index in [2.05, 4.69) is 10.5 Å². The number of nitrogens with zero attached hydrogens (tertiary/aromatic N) is 3. The molecule has 0 fully saturated rings. The van der Waals surface area contributed by atoms with Crippen molar-refractivity contribution < 1.29 is 22.9 Å². The van der Waals surface area contributed by atoms with Crippen LogP contribution in [0.4, 0.5) is 11.4 Å². The summed E-state index contributed by atoms with van der Waals surface area (Å²) >= 11 is 0. The van der Waals surface area contributed by atoms with E-state index >= 15 is 0 Å². The zero-order valence-electron chi connectivity index (χ0n) is 18.4. The Morgan fingerprint density at radius 1 is 1.12 bits per heavy atom. The molecule has 0 bridgehead atoms. The Labute approximate surface area is 196 Å². The molecule has 0 saturated carbocycles. The molecule has 0 radical (unpaired) electrons. The lowest BCUT2D eigenvalue weighted by Crippen LogP contribution is -2.29. The molecular weight excluding hydrogens is 460 g/mol. The summed E-state index contributed by atoms with van der Waals surface area (Å²) in [7, 11) is -2.22. The molecule has 0 atom stereocenters. The number of rotatable bonds is 9. The third-order valence-corrected chi connectivity index (χ3v) is 5.91. The van der Waals surface area contributed by atoms with Crippen molar-refractivity contribution >= 4 is 33.5 Å². The Bertz CT molecular complexity index is 1310. The van der Waals surface area contributed by atoms with Gasteiger partial charge in [-0.3, -0.25) is 19.2 Å². The molecule has 0 saturated heterocycles. The van der Waals surface area contributed by atoms with Crippen LogP contribution in [0.15, 0.2) is 77.9 Å². The van der Waals surface area contributed by atoms with Crippen molar-refractivity contribution in [2.24, 2.45) is 5.10 Å². The van der Waals surface area contributed by atoms with Crippen molar-refractivity contribution in [2.45, 2.75) is 6.54 Å². The second-order valence-corrected chi connectivity index (χ2v) is 9.10. The lowest BCUT2D eigenvalue weighted by Gasteiger charge is -2.22. The fraction of sp³-hybridized carbons (Fsp3) is 0.130. The van der Waals surface area contributed by atoms with E-state index in [1.165, 1.54) is 54.0 Å². The van der Waals surface area contributed by atoms with Crippen molar-refractivity contribution in [1.82, 2.24) is 5.43 Å². The predicted octanol–water partition coefficient (Wildman–Crippen LogP) is 3.33. The minimum Gasteiger partial charge on any atom is -0.490 e. The van der Waals surface area contributed by atoms with Crippen molar-refractivity contribution in [1.29, 1.82) is 0 Å². The van der Waals surface area contributed by atoms with E-state index in [1.54, 1.807) is 6.07 Å². The van der Waals surface area contributed by atoms with Gasteiger partial charge in [0, 0.05) is 17.2 Å². The summed E-state index contributed by atoms with van der Waals surface area (Å²) in [5.74, 6) is -0.415. The third kappa shape index (κ3) is 6.17. The van der Waals surface area contributed by atoms with Gasteiger partial charge in [0.2, 0.25) is 10.0 Å². The number of hydrazone groups is 1. The number of nitro groups is 1. The lowest BCUT2D eigenvalue weighted by molar-refractivity contribution is -0.385. The normalized spacial score (nSPS) is 11.2. The number of amides is 1. The van der Waals surface area contributed by atoms with Gasteiger partial charge in [-0.15, -0.1) is 0 Å². The Morgan fingerprint density at radius 3 is 2.38 bits per heavy atom. The maximum absolute atomic E-state index is 12.4. The molecule has 0 aliphatic rings. The first-order valence-electron chi connectivity index (χ1n) is 9.96. The number of hydrogen-bond donors (Lipinski definition) is 1. The molecule has 3 aromatic rings. The molecule has 34 heavy (non-hydrogen) atoms. The highest BCUT2D eigenvalue weighted by atomic mass is 32.2. The average Bonchev–Trinajstić information content (AvgIpc) is 2.82. The number of nitrogens with one attached hydrogen (secondary N) is 1. The molecule has 0 aliphatic carbocycles. The van der Waals surface area contributed by atoms with Crippen LogP contribution in [-0.2, 0) is 16.6 Å². The Hall–Kier alpha value is -4.25. The zero-order chi connectivity index (χ0) is 24.7. The predicted molar refractivity (Wildman–Crippen MR) is 129 cm³/mol. The maximum Gasteiger partial charge on any atom is 0.311 e. The number of sulfonamides is 1.